The minimum absolute atomic E-state index is 0.0104. The van der Waals surface area contributed by atoms with Gasteiger partial charge in [-0.25, -0.2) is 0 Å². The number of carboxylic acid groups (broad SMARTS) is 1. The molecule has 22 heavy (non-hydrogen) atoms. The van der Waals surface area contributed by atoms with E-state index < -0.39 is 5.97 Å². The van der Waals surface area contributed by atoms with Gasteiger partial charge in [-0.05, 0) is 37.3 Å². The highest BCUT2D eigenvalue weighted by Gasteiger charge is 2.33. The molecule has 1 aliphatic heterocycles. The van der Waals surface area contributed by atoms with Crippen molar-refractivity contribution in [3.05, 3.63) is 29.8 Å². The maximum Gasteiger partial charge on any atom is 0.306 e. The molecule has 0 aromatic heterocycles. The number of para-hydroxylation sites is 1. The van der Waals surface area contributed by atoms with Crippen LogP contribution >= 0.6 is 0 Å². The molecule has 3 rings (SSSR count). The van der Waals surface area contributed by atoms with Crippen molar-refractivity contribution in [3.8, 4) is 0 Å². The first-order chi connectivity index (χ1) is 10.6. The fraction of sp³-hybridized carbons (Fsp3) is 0.529. The molecule has 2 N–H and O–H groups in total. The number of rotatable bonds is 5. The minimum Gasteiger partial charge on any atom is -0.481 e. The van der Waals surface area contributed by atoms with Crippen molar-refractivity contribution in [3.63, 3.8) is 0 Å². The van der Waals surface area contributed by atoms with Crippen LogP contribution in [0.2, 0.25) is 0 Å². The lowest BCUT2D eigenvalue weighted by Crippen LogP contribution is -2.36. The van der Waals surface area contributed by atoms with Gasteiger partial charge in [0.1, 0.15) is 0 Å². The van der Waals surface area contributed by atoms with E-state index in [1.807, 2.05) is 6.07 Å². The van der Waals surface area contributed by atoms with Gasteiger partial charge in [-0.15, -0.1) is 0 Å². The van der Waals surface area contributed by atoms with Crippen LogP contribution in [0.5, 0.6) is 0 Å². The van der Waals surface area contributed by atoms with Gasteiger partial charge in [0.2, 0.25) is 5.91 Å². The summed E-state index contributed by atoms with van der Waals surface area (Å²) in [7, 11) is 0. The lowest BCUT2D eigenvalue weighted by Gasteiger charge is -2.20. The number of hydrogen-bond donors (Lipinski definition) is 2. The first kappa shape index (κ1) is 14.9. The van der Waals surface area contributed by atoms with E-state index in [4.69, 9.17) is 5.11 Å². The molecule has 0 bridgehead atoms. The number of fused-ring (bicyclic) bond motifs is 1. The second-order valence-electron chi connectivity index (χ2n) is 6.20. The Morgan fingerprint density at radius 2 is 2.00 bits per heavy atom. The van der Waals surface area contributed by atoms with E-state index in [9.17, 15) is 9.59 Å². The van der Waals surface area contributed by atoms with Crippen LogP contribution in [0.4, 0.5) is 5.69 Å². The van der Waals surface area contributed by atoms with Crippen molar-refractivity contribution >= 4 is 17.6 Å². The largest absolute Gasteiger partial charge is 0.481 e. The fourth-order valence-corrected chi connectivity index (χ4v) is 3.54. The number of carbonyl (C=O) groups is 2. The highest BCUT2D eigenvalue weighted by atomic mass is 16.4. The summed E-state index contributed by atoms with van der Waals surface area (Å²) in [6.07, 6.45) is 2.85. The zero-order valence-electron chi connectivity index (χ0n) is 12.6. The van der Waals surface area contributed by atoms with Crippen LogP contribution < -0.4 is 10.2 Å². The molecule has 1 amide bonds. The molecular weight excluding hydrogens is 280 g/mol. The summed E-state index contributed by atoms with van der Waals surface area (Å²) in [6.45, 7) is 2.42. The summed E-state index contributed by atoms with van der Waals surface area (Å²) in [4.78, 5) is 25.3. The van der Waals surface area contributed by atoms with Gasteiger partial charge in [-0.2, -0.15) is 0 Å². The number of anilines is 1. The second-order valence-corrected chi connectivity index (χ2v) is 6.20. The molecule has 0 unspecified atom stereocenters. The lowest BCUT2D eigenvalue weighted by molar-refractivity contribution is -0.141. The first-order valence-corrected chi connectivity index (χ1v) is 7.98. The molecule has 2 aliphatic rings. The number of nitrogens with one attached hydrogen (secondary N) is 1. The van der Waals surface area contributed by atoms with E-state index in [0.29, 0.717) is 25.8 Å². The predicted molar refractivity (Wildman–Crippen MR) is 83.8 cm³/mol. The number of hydrogen-bond acceptors (Lipinski definition) is 3. The standard InChI is InChI=1S/C17H22N2O3/c20-16(13-5-6-14(11-13)17(21)22)18-8-10-19-9-7-12-3-1-2-4-15(12)19/h1-4,13-14H,5-11H2,(H,18,20)(H,21,22)/t13-,14+/m0/s1. The van der Waals surface area contributed by atoms with Gasteiger partial charge in [0.15, 0.2) is 0 Å². The summed E-state index contributed by atoms with van der Waals surface area (Å²) in [5.41, 5.74) is 2.64. The Bertz CT molecular complexity index is 573. The Kier molecular flexibility index (Phi) is 4.32. The summed E-state index contributed by atoms with van der Waals surface area (Å²) < 4.78 is 0. The molecule has 2 atom stereocenters. The van der Waals surface area contributed by atoms with Gasteiger partial charge in [-0.3, -0.25) is 9.59 Å². The van der Waals surface area contributed by atoms with Gasteiger partial charge in [0, 0.05) is 31.2 Å². The van der Waals surface area contributed by atoms with Crippen LogP contribution in [0.25, 0.3) is 0 Å². The SMILES string of the molecule is O=C(O)[C@@H]1CC[C@H](C(=O)NCCN2CCc3ccccc32)C1. The molecule has 5 nitrogen and oxygen atoms in total. The molecule has 1 fully saturated rings. The Hall–Kier alpha value is -2.04. The molecule has 0 radical (unpaired) electrons. The molecule has 5 heteroatoms. The zero-order valence-corrected chi connectivity index (χ0v) is 12.6. The van der Waals surface area contributed by atoms with Gasteiger partial charge >= 0.3 is 5.97 Å². The molecule has 1 aliphatic carbocycles. The number of nitrogens with zero attached hydrogens (tertiary/aromatic N) is 1. The number of benzene rings is 1. The van der Waals surface area contributed by atoms with E-state index in [1.54, 1.807) is 0 Å². The highest BCUT2D eigenvalue weighted by Crippen LogP contribution is 2.31. The normalized spacial score (nSPS) is 23.4. The van der Waals surface area contributed by atoms with Gasteiger partial charge < -0.3 is 15.3 Å². The lowest BCUT2D eigenvalue weighted by atomic mass is 10.0. The first-order valence-electron chi connectivity index (χ1n) is 7.98. The van der Waals surface area contributed by atoms with E-state index in [1.165, 1.54) is 11.3 Å². The van der Waals surface area contributed by atoms with Crippen molar-refractivity contribution in [2.75, 3.05) is 24.5 Å². The molecule has 0 saturated heterocycles. The van der Waals surface area contributed by atoms with Crippen molar-refractivity contribution in [1.29, 1.82) is 0 Å². The van der Waals surface area contributed by atoms with Crippen molar-refractivity contribution in [2.45, 2.75) is 25.7 Å². The smallest absolute Gasteiger partial charge is 0.306 e. The van der Waals surface area contributed by atoms with E-state index in [2.05, 4.69) is 28.4 Å². The third-order valence-corrected chi connectivity index (χ3v) is 4.82. The van der Waals surface area contributed by atoms with E-state index in [-0.39, 0.29) is 17.7 Å². The number of aliphatic carboxylic acids is 1. The predicted octanol–water partition coefficient (Wildman–Crippen LogP) is 1.67. The highest BCUT2D eigenvalue weighted by molar-refractivity contribution is 5.80. The molecule has 1 saturated carbocycles. The topological polar surface area (TPSA) is 69.6 Å². The molecule has 1 aromatic carbocycles. The molecule has 1 aromatic rings. The number of amides is 1. The maximum atomic E-state index is 12.1. The zero-order chi connectivity index (χ0) is 15.5. The fourth-order valence-electron chi connectivity index (χ4n) is 3.54. The van der Waals surface area contributed by atoms with Crippen LogP contribution in [0.3, 0.4) is 0 Å². The maximum absolute atomic E-state index is 12.1. The summed E-state index contributed by atoms with van der Waals surface area (Å²) in [5.74, 6) is -1.24. The second kappa shape index (κ2) is 6.38. The van der Waals surface area contributed by atoms with Crippen molar-refractivity contribution in [2.24, 2.45) is 11.8 Å². The quantitative estimate of drug-likeness (QED) is 0.868. The van der Waals surface area contributed by atoms with Crippen LogP contribution in [-0.2, 0) is 16.0 Å². The minimum atomic E-state index is -0.774. The average molecular weight is 302 g/mol. The third-order valence-electron chi connectivity index (χ3n) is 4.82. The monoisotopic (exact) mass is 302 g/mol. The Balaban J connectivity index is 1.44. The summed E-state index contributed by atoms with van der Waals surface area (Å²) >= 11 is 0. The van der Waals surface area contributed by atoms with Gasteiger partial charge in [0.25, 0.3) is 0 Å². The molecular formula is C17H22N2O3. The number of carbonyl (C=O) groups excluding carboxylic acids is 1. The van der Waals surface area contributed by atoms with Crippen LogP contribution in [0, 0.1) is 11.8 Å². The molecule has 118 valence electrons. The number of carboxylic acids is 1. The Morgan fingerprint density at radius 3 is 2.77 bits per heavy atom. The van der Waals surface area contributed by atoms with Crippen LogP contribution in [-0.4, -0.2) is 36.6 Å². The van der Waals surface area contributed by atoms with Crippen molar-refractivity contribution in [1.82, 2.24) is 5.32 Å². The van der Waals surface area contributed by atoms with Crippen molar-refractivity contribution < 1.29 is 14.7 Å². The van der Waals surface area contributed by atoms with Gasteiger partial charge in [0.05, 0.1) is 5.92 Å². The Labute approximate surface area is 130 Å². The summed E-state index contributed by atoms with van der Waals surface area (Å²) in [6, 6.07) is 8.38. The van der Waals surface area contributed by atoms with Crippen LogP contribution in [0.1, 0.15) is 24.8 Å². The van der Waals surface area contributed by atoms with E-state index >= 15 is 0 Å². The van der Waals surface area contributed by atoms with Gasteiger partial charge in [-0.1, -0.05) is 18.2 Å². The summed E-state index contributed by atoms with van der Waals surface area (Å²) in [5, 5.41) is 12.0. The molecule has 0 spiro atoms. The van der Waals surface area contributed by atoms with Crippen LogP contribution in [0.15, 0.2) is 24.3 Å². The third kappa shape index (κ3) is 3.08. The Morgan fingerprint density at radius 1 is 1.23 bits per heavy atom. The molecule has 1 heterocycles. The average Bonchev–Trinajstić information content (AvgIpc) is 3.14. The van der Waals surface area contributed by atoms with E-state index in [0.717, 1.165) is 19.5 Å².